The van der Waals surface area contributed by atoms with Gasteiger partial charge >= 0.3 is 64.8 Å². The normalized spacial score (nSPS) is 9.21. The Hall–Kier alpha value is -1.16. The van der Waals surface area contributed by atoms with Crippen LogP contribution in [0, 0.1) is 0 Å². The van der Waals surface area contributed by atoms with Crippen molar-refractivity contribution in [2.75, 3.05) is 6.54 Å². The van der Waals surface area contributed by atoms with E-state index in [0.29, 0.717) is 14.7 Å². The molecule has 0 aliphatic carbocycles. The van der Waals surface area contributed by atoms with Gasteiger partial charge in [-0.1, -0.05) is 0 Å². The first-order valence-corrected chi connectivity index (χ1v) is 5.57. The van der Waals surface area contributed by atoms with Crippen LogP contribution < -0.4 is 5.73 Å². The third-order valence-corrected chi connectivity index (χ3v) is 3.07. The van der Waals surface area contributed by atoms with E-state index >= 15 is 0 Å². The van der Waals surface area contributed by atoms with Crippen LogP contribution in [0.3, 0.4) is 0 Å². The van der Waals surface area contributed by atoms with Gasteiger partial charge in [-0.25, -0.2) is 0 Å². The predicted molar refractivity (Wildman–Crippen MR) is 55.4 cm³/mol. The molecule has 0 saturated carbocycles. The number of benzene rings is 1. The first-order valence-electron chi connectivity index (χ1n) is 3.95. The Morgan fingerprint density at radius 2 is 2.14 bits per heavy atom. The Bertz CT molecular complexity index is 384. The molecule has 1 aromatic heterocycles. The van der Waals surface area contributed by atoms with E-state index in [-0.39, 0.29) is 6.54 Å². The zero-order chi connectivity index (χ0) is 10.4. The van der Waals surface area contributed by atoms with E-state index in [1.807, 2.05) is 12.3 Å². The van der Waals surface area contributed by atoms with E-state index in [9.17, 15) is 4.79 Å². The monoisotopic (exact) mass is 258 g/mol. The first kappa shape index (κ1) is 10.9. The fraction of sp³-hybridized carbons (Fsp3) is 0.111. The van der Waals surface area contributed by atoms with Gasteiger partial charge in [-0.3, -0.25) is 4.79 Å². The number of nitrogens with two attached hydrogens (primary N) is 1. The van der Waals surface area contributed by atoms with Crippen LogP contribution in [-0.4, -0.2) is 36.3 Å². The Morgan fingerprint density at radius 1 is 1.50 bits per heavy atom. The van der Waals surface area contributed by atoms with E-state index < -0.39 is 5.97 Å². The summed E-state index contributed by atoms with van der Waals surface area (Å²) in [5.74, 6) is -0.968. The Morgan fingerprint density at radius 3 is 2.71 bits per heavy atom. The summed E-state index contributed by atoms with van der Waals surface area (Å²) >= 11 is 0.372. The molecule has 0 saturated heterocycles. The second-order valence-electron chi connectivity index (χ2n) is 2.46. The van der Waals surface area contributed by atoms with Gasteiger partial charge in [0.25, 0.3) is 0 Å². The number of aliphatic carboxylic acids is 1. The van der Waals surface area contributed by atoms with Gasteiger partial charge in [0.2, 0.25) is 0 Å². The van der Waals surface area contributed by atoms with E-state index in [0.717, 1.165) is 0 Å². The molecule has 0 aliphatic heterocycles. The number of hydrogen-bond donors (Lipinski definition) is 2. The molecule has 74 valence electrons. The Balaban J connectivity index is 0.000000171. The zero-order valence-electron chi connectivity index (χ0n) is 7.38. The summed E-state index contributed by atoms with van der Waals surface area (Å²) in [5, 5.41) is 8.90. The molecule has 0 amide bonds. The number of carboxylic acid groups (broad SMARTS) is 1. The number of nitrogens with zero attached hydrogens (tertiary/aromatic N) is 1. The van der Waals surface area contributed by atoms with Crippen molar-refractivity contribution in [1.82, 2.24) is 3.98 Å². The molecule has 2 rings (SSSR count). The summed E-state index contributed by atoms with van der Waals surface area (Å²) < 4.78 is 5.60. The molecule has 0 spiro atoms. The van der Waals surface area contributed by atoms with E-state index in [4.69, 9.17) is 5.11 Å². The molecule has 1 aromatic carbocycles. The molecule has 5 heteroatoms. The molecule has 2 aromatic rings. The molecule has 0 unspecified atom stereocenters. The summed E-state index contributed by atoms with van der Waals surface area (Å²) in [4.78, 5) is 9.24. The number of rotatable bonds is 1. The van der Waals surface area contributed by atoms with Gasteiger partial charge in [0.1, 0.15) is 0 Å². The van der Waals surface area contributed by atoms with Crippen molar-refractivity contribution in [2.45, 2.75) is 0 Å². The molecule has 0 bridgehead atoms. The molecule has 1 heterocycles. The van der Waals surface area contributed by atoms with Crippen LogP contribution in [0.15, 0.2) is 30.5 Å². The minimum atomic E-state index is -0.968. The van der Waals surface area contributed by atoms with Gasteiger partial charge in [0.05, 0.1) is 6.54 Å². The Labute approximate surface area is 87.3 Å². The van der Waals surface area contributed by atoms with Crippen LogP contribution in [0.5, 0.6) is 0 Å². The van der Waals surface area contributed by atoms with E-state index in [1.54, 1.807) is 0 Å². The standard InChI is InChI=1S/C7H5NSe.C2H5NO2/c1-2-4-7-6(3-1)5-8-9-7;3-1-2(4)5/h1-5H;1,3H2,(H,4,5). The molecular formula is C9H10N2O2Se. The number of fused-ring (bicyclic) bond motifs is 1. The van der Waals surface area contributed by atoms with Gasteiger partial charge in [0, 0.05) is 0 Å². The quantitative estimate of drug-likeness (QED) is 0.721. The summed E-state index contributed by atoms with van der Waals surface area (Å²) in [6, 6.07) is 8.36. The van der Waals surface area contributed by atoms with Gasteiger partial charge in [-0.15, -0.1) is 0 Å². The maximum atomic E-state index is 9.24. The van der Waals surface area contributed by atoms with E-state index in [1.165, 1.54) is 9.65 Å². The van der Waals surface area contributed by atoms with Gasteiger partial charge in [0.15, 0.2) is 0 Å². The average Bonchev–Trinajstić information content (AvgIpc) is 2.66. The van der Waals surface area contributed by atoms with Gasteiger partial charge in [-0.2, -0.15) is 0 Å². The van der Waals surface area contributed by atoms with E-state index in [2.05, 4.69) is 27.9 Å². The predicted octanol–water partition coefficient (Wildman–Crippen LogP) is 0.321. The SMILES string of the molecule is NCC(=O)O.c1ccc2[se]ncc2c1. The number of hydrogen-bond acceptors (Lipinski definition) is 3. The number of aromatic nitrogens is 1. The van der Waals surface area contributed by atoms with Crippen molar-refractivity contribution in [3.05, 3.63) is 30.5 Å². The topological polar surface area (TPSA) is 76.2 Å². The summed E-state index contributed by atoms with van der Waals surface area (Å²) in [5.41, 5.74) is 4.57. The third-order valence-electron chi connectivity index (χ3n) is 1.44. The molecular weight excluding hydrogens is 247 g/mol. The first-order chi connectivity index (χ1) is 6.74. The maximum absolute atomic E-state index is 9.24. The number of carboxylic acids is 1. The van der Waals surface area contributed by atoms with Crippen LogP contribution in [-0.2, 0) is 4.79 Å². The fourth-order valence-corrected chi connectivity index (χ4v) is 2.16. The van der Waals surface area contributed by atoms with Crippen LogP contribution in [0.25, 0.3) is 9.65 Å². The van der Waals surface area contributed by atoms with Crippen molar-refractivity contribution in [1.29, 1.82) is 0 Å². The van der Waals surface area contributed by atoms with Crippen molar-refractivity contribution < 1.29 is 9.90 Å². The summed E-state index contributed by atoms with van der Waals surface area (Å²) in [6.07, 6.45) is 1.95. The van der Waals surface area contributed by atoms with Crippen molar-refractivity contribution in [2.24, 2.45) is 5.73 Å². The fourth-order valence-electron chi connectivity index (χ4n) is 0.810. The second kappa shape index (κ2) is 5.54. The molecule has 14 heavy (non-hydrogen) atoms. The van der Waals surface area contributed by atoms with Gasteiger partial charge in [-0.05, 0) is 0 Å². The van der Waals surface area contributed by atoms with Crippen molar-refractivity contribution >= 4 is 30.3 Å². The average molecular weight is 257 g/mol. The molecule has 4 nitrogen and oxygen atoms in total. The zero-order valence-corrected chi connectivity index (χ0v) is 9.10. The van der Waals surface area contributed by atoms with Crippen LogP contribution >= 0.6 is 0 Å². The number of carbonyl (C=O) groups is 1. The molecule has 0 aliphatic rings. The van der Waals surface area contributed by atoms with Gasteiger partial charge < -0.3 is 10.8 Å². The summed E-state index contributed by atoms with van der Waals surface area (Å²) in [7, 11) is 0. The Kier molecular flexibility index (Phi) is 4.32. The van der Waals surface area contributed by atoms with Crippen molar-refractivity contribution in [3.8, 4) is 0 Å². The second-order valence-corrected chi connectivity index (χ2v) is 4.21. The van der Waals surface area contributed by atoms with Crippen LogP contribution in [0.1, 0.15) is 0 Å². The molecule has 0 fully saturated rings. The minimum absolute atomic E-state index is 0.278. The summed E-state index contributed by atoms with van der Waals surface area (Å²) in [6.45, 7) is -0.278. The van der Waals surface area contributed by atoms with Crippen molar-refractivity contribution in [3.63, 3.8) is 0 Å². The molecule has 0 radical (unpaired) electrons. The van der Waals surface area contributed by atoms with Crippen LogP contribution in [0.4, 0.5) is 0 Å². The molecule has 3 N–H and O–H groups in total. The van der Waals surface area contributed by atoms with Crippen LogP contribution in [0.2, 0.25) is 0 Å². The third kappa shape index (κ3) is 3.30. The molecule has 0 atom stereocenters.